The Morgan fingerprint density at radius 2 is 2.26 bits per heavy atom. The van der Waals surface area contributed by atoms with Crippen LogP contribution in [0.1, 0.15) is 23.4 Å². The molecular formula is C18H23ClN4O3S. The fourth-order valence-corrected chi connectivity index (χ4v) is 4.20. The Morgan fingerprint density at radius 1 is 1.44 bits per heavy atom. The summed E-state index contributed by atoms with van der Waals surface area (Å²) in [5.74, 6) is 0.619. The molecule has 0 aromatic carbocycles. The number of amides is 1. The molecule has 0 bridgehead atoms. The number of ether oxygens (including phenoxy) is 2. The van der Waals surface area contributed by atoms with E-state index in [1.165, 1.54) is 4.88 Å². The van der Waals surface area contributed by atoms with E-state index in [2.05, 4.69) is 14.9 Å². The number of pyridine rings is 1. The maximum absolute atomic E-state index is 12.3. The molecule has 0 N–H and O–H groups in total. The number of fused-ring (bicyclic) bond motifs is 1. The number of anilines is 2. The molecule has 1 aliphatic heterocycles. The van der Waals surface area contributed by atoms with Gasteiger partial charge in [0.15, 0.2) is 16.0 Å². The van der Waals surface area contributed by atoms with Crippen LogP contribution >= 0.6 is 22.9 Å². The van der Waals surface area contributed by atoms with Crippen molar-refractivity contribution in [2.75, 3.05) is 44.2 Å². The number of thiazole rings is 1. The standard InChI is InChI=1S/C18H23ClN4O3S/c1-22(16(24)5-4-8-25-2)18-21-13-6-7-23(11-15(13)27-18)12-9-14(26-3)17(19)20-10-12/h9-10H,4-8,11H2,1-3H3. The number of halogens is 1. The average molecular weight is 411 g/mol. The third-order valence-corrected chi connectivity index (χ3v) is 5.94. The quantitative estimate of drug-likeness (QED) is 0.516. The molecule has 0 radical (unpaired) electrons. The van der Waals surface area contributed by atoms with Crippen molar-refractivity contribution in [3.8, 4) is 5.75 Å². The highest BCUT2D eigenvalue weighted by atomic mass is 35.5. The zero-order valence-corrected chi connectivity index (χ0v) is 17.3. The predicted molar refractivity (Wildman–Crippen MR) is 107 cm³/mol. The Labute approximate surface area is 167 Å². The summed E-state index contributed by atoms with van der Waals surface area (Å²) in [7, 11) is 5.00. The molecular weight excluding hydrogens is 388 g/mol. The average Bonchev–Trinajstić information content (AvgIpc) is 3.11. The molecule has 0 unspecified atom stereocenters. The van der Waals surface area contributed by atoms with Crippen LogP contribution in [0.2, 0.25) is 5.15 Å². The van der Waals surface area contributed by atoms with Gasteiger partial charge in [0.05, 0.1) is 31.2 Å². The summed E-state index contributed by atoms with van der Waals surface area (Å²) in [5.41, 5.74) is 2.03. The van der Waals surface area contributed by atoms with Crippen molar-refractivity contribution in [3.05, 3.63) is 28.0 Å². The van der Waals surface area contributed by atoms with Gasteiger partial charge in [-0.25, -0.2) is 9.97 Å². The molecule has 27 heavy (non-hydrogen) atoms. The maximum Gasteiger partial charge on any atom is 0.228 e. The molecule has 9 heteroatoms. The fraction of sp³-hybridized carbons (Fsp3) is 0.500. The van der Waals surface area contributed by atoms with Gasteiger partial charge in [-0.05, 0) is 6.42 Å². The van der Waals surface area contributed by atoms with Crippen molar-refractivity contribution in [2.45, 2.75) is 25.8 Å². The SMILES string of the molecule is COCCCC(=O)N(C)c1nc2c(s1)CN(c1cnc(Cl)c(OC)c1)CC2. The molecule has 3 rings (SSSR count). The van der Waals surface area contributed by atoms with Gasteiger partial charge in [0.1, 0.15) is 0 Å². The molecule has 1 aliphatic rings. The number of hydrogen-bond donors (Lipinski definition) is 0. The van der Waals surface area contributed by atoms with Crippen LogP contribution in [0.5, 0.6) is 5.75 Å². The van der Waals surface area contributed by atoms with E-state index in [0.29, 0.717) is 30.4 Å². The Morgan fingerprint density at radius 3 is 3.00 bits per heavy atom. The molecule has 2 aromatic rings. The molecule has 146 valence electrons. The minimum atomic E-state index is 0.0571. The monoisotopic (exact) mass is 410 g/mol. The Bertz CT molecular complexity index is 814. The van der Waals surface area contributed by atoms with Crippen molar-refractivity contribution in [2.24, 2.45) is 0 Å². The van der Waals surface area contributed by atoms with Crippen LogP contribution in [0.25, 0.3) is 0 Å². The van der Waals surface area contributed by atoms with Gasteiger partial charge in [0, 0.05) is 51.1 Å². The lowest BCUT2D eigenvalue weighted by Gasteiger charge is -2.28. The highest BCUT2D eigenvalue weighted by molar-refractivity contribution is 7.16. The molecule has 2 aromatic heterocycles. The molecule has 0 saturated heterocycles. The van der Waals surface area contributed by atoms with Crippen molar-refractivity contribution >= 4 is 39.7 Å². The van der Waals surface area contributed by atoms with Crippen LogP contribution in [-0.2, 0) is 22.5 Å². The highest BCUT2D eigenvalue weighted by Gasteiger charge is 2.24. The summed E-state index contributed by atoms with van der Waals surface area (Å²) in [4.78, 5) is 26.2. The van der Waals surface area contributed by atoms with E-state index in [-0.39, 0.29) is 5.91 Å². The minimum absolute atomic E-state index is 0.0571. The molecule has 1 amide bonds. The molecule has 3 heterocycles. The number of rotatable bonds is 7. The fourth-order valence-electron chi connectivity index (χ4n) is 2.92. The minimum Gasteiger partial charge on any atom is -0.493 e. The zero-order valence-electron chi connectivity index (χ0n) is 15.7. The lowest BCUT2D eigenvalue weighted by atomic mass is 10.1. The lowest BCUT2D eigenvalue weighted by Crippen LogP contribution is -2.29. The Hall–Kier alpha value is -1.90. The molecule has 0 saturated carbocycles. The third-order valence-electron chi connectivity index (χ3n) is 4.50. The van der Waals surface area contributed by atoms with Crippen molar-refractivity contribution in [1.82, 2.24) is 9.97 Å². The zero-order chi connectivity index (χ0) is 19.4. The van der Waals surface area contributed by atoms with E-state index in [4.69, 9.17) is 21.1 Å². The second-order valence-corrected chi connectivity index (χ2v) is 7.69. The summed E-state index contributed by atoms with van der Waals surface area (Å²) in [6.07, 6.45) is 3.74. The number of carbonyl (C=O) groups excluding carboxylic acids is 1. The molecule has 0 fully saturated rings. The van der Waals surface area contributed by atoms with Crippen LogP contribution in [0.15, 0.2) is 12.3 Å². The summed E-state index contributed by atoms with van der Waals surface area (Å²) >= 11 is 7.59. The summed E-state index contributed by atoms with van der Waals surface area (Å²) in [5, 5.41) is 1.10. The first-order valence-corrected chi connectivity index (χ1v) is 9.91. The normalized spacial score (nSPS) is 13.4. The van der Waals surface area contributed by atoms with Gasteiger partial charge >= 0.3 is 0 Å². The number of nitrogens with zero attached hydrogens (tertiary/aromatic N) is 4. The number of carbonyl (C=O) groups is 1. The van der Waals surface area contributed by atoms with Gasteiger partial charge in [-0.1, -0.05) is 22.9 Å². The van der Waals surface area contributed by atoms with Crippen molar-refractivity contribution < 1.29 is 14.3 Å². The van der Waals surface area contributed by atoms with Crippen LogP contribution in [0.4, 0.5) is 10.8 Å². The second-order valence-electron chi connectivity index (χ2n) is 6.27. The highest BCUT2D eigenvalue weighted by Crippen LogP contribution is 2.34. The van der Waals surface area contributed by atoms with Gasteiger partial charge in [-0.2, -0.15) is 0 Å². The number of hydrogen-bond acceptors (Lipinski definition) is 7. The van der Waals surface area contributed by atoms with Gasteiger partial charge in [0.2, 0.25) is 5.91 Å². The van der Waals surface area contributed by atoms with Gasteiger partial charge in [0.25, 0.3) is 0 Å². The summed E-state index contributed by atoms with van der Waals surface area (Å²) < 4.78 is 10.3. The van der Waals surface area contributed by atoms with E-state index in [1.807, 2.05) is 6.07 Å². The number of aromatic nitrogens is 2. The van der Waals surface area contributed by atoms with Gasteiger partial charge < -0.3 is 14.4 Å². The summed E-state index contributed by atoms with van der Waals surface area (Å²) in [6, 6.07) is 1.90. The molecule has 0 atom stereocenters. The van der Waals surface area contributed by atoms with E-state index in [1.54, 1.807) is 43.7 Å². The third kappa shape index (κ3) is 4.51. The van der Waals surface area contributed by atoms with Gasteiger partial charge in [-0.3, -0.25) is 9.69 Å². The van der Waals surface area contributed by atoms with Gasteiger partial charge in [-0.15, -0.1) is 0 Å². The lowest BCUT2D eigenvalue weighted by molar-refractivity contribution is -0.118. The Balaban J connectivity index is 1.71. The molecule has 0 spiro atoms. The van der Waals surface area contributed by atoms with Crippen molar-refractivity contribution in [1.29, 1.82) is 0 Å². The van der Waals surface area contributed by atoms with Crippen molar-refractivity contribution in [3.63, 3.8) is 0 Å². The maximum atomic E-state index is 12.3. The first kappa shape index (κ1) is 19.9. The largest absolute Gasteiger partial charge is 0.493 e. The van der Waals surface area contributed by atoms with Crippen LogP contribution in [-0.4, -0.2) is 50.3 Å². The smallest absolute Gasteiger partial charge is 0.228 e. The Kier molecular flexibility index (Phi) is 6.51. The summed E-state index contributed by atoms with van der Waals surface area (Å²) in [6.45, 7) is 2.14. The van der Waals surface area contributed by atoms with E-state index in [0.717, 1.165) is 36.0 Å². The van der Waals surface area contributed by atoms with Crippen LogP contribution in [0.3, 0.4) is 0 Å². The topological polar surface area (TPSA) is 67.8 Å². The van der Waals surface area contributed by atoms with E-state index in [9.17, 15) is 4.79 Å². The van der Waals surface area contributed by atoms with E-state index >= 15 is 0 Å². The molecule has 7 nitrogen and oxygen atoms in total. The van der Waals surface area contributed by atoms with E-state index < -0.39 is 0 Å². The molecule has 0 aliphatic carbocycles. The first-order valence-electron chi connectivity index (χ1n) is 8.72. The van der Waals surface area contributed by atoms with Crippen LogP contribution < -0.4 is 14.5 Å². The number of methoxy groups -OCH3 is 2. The first-order chi connectivity index (χ1) is 13.0. The predicted octanol–water partition coefficient (Wildman–Crippen LogP) is 3.15. The second kappa shape index (κ2) is 8.86. The van der Waals surface area contributed by atoms with Crippen LogP contribution in [0, 0.1) is 0 Å².